The highest BCUT2D eigenvalue weighted by atomic mass is 31.1. The third-order valence-corrected chi connectivity index (χ3v) is 5.89. The minimum Gasteiger partial charge on any atom is -0.862 e. The highest BCUT2D eigenvalue weighted by Crippen LogP contribution is 2.34. The van der Waals surface area contributed by atoms with E-state index in [1.165, 1.54) is 6.92 Å². The van der Waals surface area contributed by atoms with Crippen molar-refractivity contribution in [2.45, 2.75) is 6.92 Å². The minimum absolute atomic E-state index is 0.250. The van der Waals surface area contributed by atoms with Crippen molar-refractivity contribution in [3.63, 3.8) is 0 Å². The first-order chi connectivity index (χ1) is 12.1. The molecule has 1 heterocycles. The highest BCUT2D eigenvalue weighted by Gasteiger charge is 2.36. The zero-order chi connectivity index (χ0) is 17.8. The predicted octanol–water partition coefficient (Wildman–Crippen LogP) is 0.328. The lowest BCUT2D eigenvalue weighted by molar-refractivity contribution is -0.737. The summed E-state index contributed by atoms with van der Waals surface area (Å²) >= 11 is 0. The molecule has 0 aliphatic carbocycles. The van der Waals surface area contributed by atoms with Gasteiger partial charge < -0.3 is 5.11 Å². The number of benzene rings is 2. The Morgan fingerprint density at radius 1 is 1.04 bits per heavy atom. The van der Waals surface area contributed by atoms with Crippen molar-refractivity contribution in [3.05, 3.63) is 60.7 Å². The van der Waals surface area contributed by atoms with Crippen molar-refractivity contribution in [2.24, 2.45) is 4.99 Å². The van der Waals surface area contributed by atoms with Gasteiger partial charge in [0.2, 0.25) is 5.27 Å². The fourth-order valence-corrected chi connectivity index (χ4v) is 4.86. The Hall–Kier alpha value is -2.72. The van der Waals surface area contributed by atoms with Crippen molar-refractivity contribution in [1.82, 2.24) is 5.27 Å². The van der Waals surface area contributed by atoms with Gasteiger partial charge >= 0.3 is 11.3 Å². The molecule has 0 N–H and O–H groups in total. The Morgan fingerprint density at radius 2 is 1.56 bits per heavy atom. The van der Waals surface area contributed by atoms with Crippen LogP contribution in [0.1, 0.15) is 6.92 Å². The fourth-order valence-electron chi connectivity index (χ4n) is 2.45. The maximum Gasteiger partial charge on any atom is 0.338 e. The molecule has 0 radical (unpaired) electrons. The monoisotopic (exact) mass is 354 g/mol. The van der Waals surface area contributed by atoms with Crippen LogP contribution < -0.4 is 31.0 Å². The summed E-state index contributed by atoms with van der Waals surface area (Å²) < 4.78 is 5.39. The van der Waals surface area contributed by atoms with Crippen LogP contribution in [-0.4, -0.2) is 25.3 Å². The summed E-state index contributed by atoms with van der Waals surface area (Å²) in [6, 6.07) is 20.3. The summed E-state index contributed by atoms with van der Waals surface area (Å²) in [7, 11) is 2.74. The average molecular weight is 354 g/mol. The number of hydrogen-bond acceptors (Lipinski definition) is 5. The molecule has 1 aromatic heterocycles. The largest absolute Gasteiger partial charge is 0.862 e. The van der Waals surface area contributed by atoms with Crippen LogP contribution >= 0.6 is 7.92 Å². The predicted molar refractivity (Wildman–Crippen MR) is 98.2 cm³/mol. The lowest BCUT2D eigenvalue weighted by Crippen LogP contribution is -2.63. The number of hydrogen-bond donors (Lipinski definition) is 0. The molecule has 0 bridgehead atoms. The first-order valence-electron chi connectivity index (χ1n) is 7.80. The quantitative estimate of drug-likeness (QED) is 0.287. The normalized spacial score (nSPS) is 11.8. The first kappa shape index (κ1) is 17.1. The second-order valence-corrected chi connectivity index (χ2v) is 7.70. The van der Waals surface area contributed by atoms with Gasteiger partial charge in [-0.05, 0) is 23.4 Å². The molecule has 25 heavy (non-hydrogen) atoms. The van der Waals surface area contributed by atoms with Gasteiger partial charge in [-0.15, -0.1) is 0 Å². The third-order valence-electron chi connectivity index (χ3n) is 3.46. The standard InChI is InChI=1S/C18H19N4O2P/c1-14(23)19-17-18(22(20-24-17)21(2)3)25(15-10-6-4-7-11-15)16-12-8-5-9-13-16/h4-13H,1-3H3. The summed E-state index contributed by atoms with van der Waals surface area (Å²) in [4.78, 5) is 5.70. The van der Waals surface area contributed by atoms with Gasteiger partial charge in [0.25, 0.3) is 0 Å². The lowest BCUT2D eigenvalue weighted by Gasteiger charge is -2.15. The fraction of sp³-hybridized carbons (Fsp3) is 0.167. The van der Waals surface area contributed by atoms with Crippen LogP contribution in [0.5, 0.6) is 0 Å². The molecule has 0 unspecified atom stereocenters. The molecule has 3 rings (SSSR count). The van der Waals surface area contributed by atoms with Gasteiger partial charge in [-0.1, -0.05) is 60.7 Å². The SMILES string of the molecule is C/C([O-])=N/c1on[n+](N(C)C)c1P(c1ccccc1)c1ccccc1. The van der Waals surface area contributed by atoms with E-state index in [9.17, 15) is 5.11 Å². The molecule has 6 nitrogen and oxygen atoms in total. The number of rotatable bonds is 5. The maximum atomic E-state index is 11.6. The smallest absolute Gasteiger partial charge is 0.338 e. The van der Waals surface area contributed by atoms with Crippen LogP contribution in [0.2, 0.25) is 0 Å². The summed E-state index contributed by atoms with van der Waals surface area (Å²) in [5.41, 5.74) is 0.771. The molecular formula is C18H19N4O2P. The maximum absolute atomic E-state index is 11.6. The third kappa shape index (κ3) is 3.69. The molecule has 0 saturated carbocycles. The Labute approximate surface area is 147 Å². The van der Waals surface area contributed by atoms with Gasteiger partial charge in [0.15, 0.2) is 0 Å². The van der Waals surface area contributed by atoms with Crippen molar-refractivity contribution in [3.8, 4) is 0 Å². The van der Waals surface area contributed by atoms with Gasteiger partial charge in [-0.25, -0.2) is 4.99 Å². The second kappa shape index (κ2) is 7.45. The molecular weight excluding hydrogens is 335 g/mol. The topological polar surface area (TPSA) is 68.6 Å². The van der Waals surface area contributed by atoms with Crippen LogP contribution in [0.4, 0.5) is 5.88 Å². The Kier molecular flexibility index (Phi) is 5.10. The van der Waals surface area contributed by atoms with Crippen molar-refractivity contribution >= 4 is 35.7 Å². The average Bonchev–Trinajstić information content (AvgIpc) is 3.00. The van der Waals surface area contributed by atoms with E-state index < -0.39 is 7.92 Å². The van der Waals surface area contributed by atoms with E-state index in [1.807, 2.05) is 50.5 Å². The molecule has 0 aliphatic rings. The van der Waals surface area contributed by atoms with Crippen molar-refractivity contribution in [2.75, 3.05) is 19.1 Å². The summed E-state index contributed by atoms with van der Waals surface area (Å²) in [5.74, 6) is -0.0700. The number of aromatic nitrogens is 2. The molecule has 128 valence electrons. The van der Waals surface area contributed by atoms with Gasteiger partial charge in [-0.2, -0.15) is 5.01 Å². The lowest BCUT2D eigenvalue weighted by atomic mass is 10.4. The zero-order valence-electron chi connectivity index (χ0n) is 14.3. The number of aliphatic imine (C=N–C) groups is 1. The Bertz CT molecular complexity index is 820. The van der Waals surface area contributed by atoms with E-state index in [0.717, 1.165) is 16.0 Å². The van der Waals surface area contributed by atoms with Crippen LogP contribution in [0.3, 0.4) is 0 Å². The molecule has 0 saturated heterocycles. The van der Waals surface area contributed by atoms with Gasteiger partial charge in [-0.3, -0.25) is 4.52 Å². The molecule has 0 amide bonds. The molecule has 3 aromatic rings. The molecule has 0 fully saturated rings. The van der Waals surface area contributed by atoms with E-state index in [0.29, 0.717) is 0 Å². The summed E-state index contributed by atoms with van der Waals surface area (Å²) in [6.07, 6.45) is 0. The van der Waals surface area contributed by atoms with Crippen LogP contribution in [0, 0.1) is 0 Å². The number of nitrogens with zero attached hydrogens (tertiary/aromatic N) is 4. The molecule has 0 aliphatic heterocycles. The van der Waals surface area contributed by atoms with E-state index in [2.05, 4.69) is 34.5 Å². The zero-order valence-corrected chi connectivity index (χ0v) is 15.2. The van der Waals surface area contributed by atoms with Gasteiger partial charge in [0.05, 0.1) is 26.8 Å². The van der Waals surface area contributed by atoms with E-state index >= 15 is 0 Å². The summed E-state index contributed by atoms with van der Waals surface area (Å²) in [6.45, 7) is 1.40. The molecule has 0 atom stereocenters. The molecule has 0 spiro atoms. The second-order valence-electron chi connectivity index (χ2n) is 5.58. The van der Waals surface area contributed by atoms with Gasteiger partial charge in [0.1, 0.15) is 0 Å². The van der Waals surface area contributed by atoms with E-state index in [4.69, 9.17) is 4.52 Å². The molecule has 7 heteroatoms. The minimum atomic E-state index is -0.995. The Morgan fingerprint density at radius 3 is 2.00 bits per heavy atom. The van der Waals surface area contributed by atoms with E-state index in [1.54, 1.807) is 9.80 Å². The Balaban J connectivity index is 2.27. The first-order valence-corrected chi connectivity index (χ1v) is 9.14. The highest BCUT2D eigenvalue weighted by molar-refractivity contribution is 7.79. The van der Waals surface area contributed by atoms with Crippen LogP contribution in [0.15, 0.2) is 70.2 Å². The van der Waals surface area contributed by atoms with Crippen molar-refractivity contribution < 1.29 is 14.4 Å². The van der Waals surface area contributed by atoms with E-state index in [-0.39, 0.29) is 11.8 Å². The van der Waals surface area contributed by atoms with Crippen LogP contribution in [0.25, 0.3) is 0 Å². The van der Waals surface area contributed by atoms with Crippen LogP contribution in [-0.2, 0) is 0 Å². The summed E-state index contributed by atoms with van der Waals surface area (Å²) in [5, 5.41) is 19.7. The van der Waals surface area contributed by atoms with Crippen molar-refractivity contribution in [1.29, 1.82) is 0 Å². The van der Waals surface area contributed by atoms with Gasteiger partial charge in [0, 0.05) is 0 Å². The molecule has 2 aromatic carbocycles.